The van der Waals surface area contributed by atoms with Gasteiger partial charge in [0.05, 0.1) is 11.6 Å². The molecule has 1 amide bonds. The second kappa shape index (κ2) is 7.06. The lowest BCUT2D eigenvalue weighted by Gasteiger charge is -2.37. The van der Waals surface area contributed by atoms with Crippen molar-refractivity contribution in [2.24, 2.45) is 5.41 Å². The molecule has 1 saturated heterocycles. The van der Waals surface area contributed by atoms with E-state index in [1.807, 2.05) is 5.38 Å². The normalized spacial score (nSPS) is 18.2. The number of rotatable bonds is 5. The van der Waals surface area contributed by atoms with E-state index in [9.17, 15) is 4.79 Å². The molecule has 124 valence electrons. The van der Waals surface area contributed by atoms with Crippen LogP contribution in [-0.2, 0) is 10.2 Å². The van der Waals surface area contributed by atoms with Gasteiger partial charge in [-0.1, -0.05) is 20.8 Å². The highest BCUT2D eigenvalue weighted by Gasteiger charge is 2.33. The quantitative estimate of drug-likeness (QED) is 0.871. The molecule has 0 spiro atoms. The lowest BCUT2D eigenvalue weighted by atomic mass is 9.79. The third kappa shape index (κ3) is 4.27. The molecule has 2 rings (SSSR count). The molecule has 1 fully saturated rings. The van der Waals surface area contributed by atoms with E-state index in [-0.39, 0.29) is 16.7 Å². The number of methoxy groups -OCH3 is 1. The van der Waals surface area contributed by atoms with Gasteiger partial charge in [-0.2, -0.15) is 0 Å². The first-order valence-electron chi connectivity index (χ1n) is 7.80. The van der Waals surface area contributed by atoms with Gasteiger partial charge in [0, 0.05) is 29.9 Å². The Labute approximate surface area is 136 Å². The SMILES string of the molecule is COCC1(CNC(=O)c2csc(C(C)(C)C)n2)CCNCC1. The van der Waals surface area contributed by atoms with Gasteiger partial charge in [-0.3, -0.25) is 4.79 Å². The predicted octanol–water partition coefficient (Wildman–Crippen LogP) is 2.19. The molecule has 1 aliphatic heterocycles. The molecule has 22 heavy (non-hydrogen) atoms. The van der Waals surface area contributed by atoms with Crippen LogP contribution in [0, 0.1) is 5.41 Å². The zero-order valence-electron chi connectivity index (χ0n) is 14.0. The van der Waals surface area contributed by atoms with Crippen molar-refractivity contribution in [1.29, 1.82) is 0 Å². The molecule has 5 nitrogen and oxygen atoms in total. The van der Waals surface area contributed by atoms with E-state index in [4.69, 9.17) is 4.74 Å². The molecule has 1 aromatic heterocycles. The fourth-order valence-corrected chi connectivity index (χ4v) is 3.60. The topological polar surface area (TPSA) is 63.2 Å². The van der Waals surface area contributed by atoms with Gasteiger partial charge in [-0.05, 0) is 25.9 Å². The molecule has 0 aliphatic carbocycles. The fourth-order valence-electron chi connectivity index (χ4n) is 2.72. The average molecular weight is 325 g/mol. The van der Waals surface area contributed by atoms with Gasteiger partial charge < -0.3 is 15.4 Å². The summed E-state index contributed by atoms with van der Waals surface area (Å²) < 4.78 is 5.38. The first kappa shape index (κ1) is 17.4. The first-order valence-corrected chi connectivity index (χ1v) is 8.68. The van der Waals surface area contributed by atoms with Crippen LogP contribution in [0.4, 0.5) is 0 Å². The van der Waals surface area contributed by atoms with Crippen LogP contribution < -0.4 is 10.6 Å². The highest BCUT2D eigenvalue weighted by molar-refractivity contribution is 7.10. The van der Waals surface area contributed by atoms with Crippen LogP contribution in [0.1, 0.15) is 49.1 Å². The molecule has 0 bridgehead atoms. The smallest absolute Gasteiger partial charge is 0.270 e. The number of ether oxygens (including phenoxy) is 1. The van der Waals surface area contributed by atoms with Crippen molar-refractivity contribution in [2.45, 2.75) is 39.0 Å². The van der Waals surface area contributed by atoms with E-state index in [0.717, 1.165) is 30.9 Å². The third-order valence-electron chi connectivity index (χ3n) is 4.12. The van der Waals surface area contributed by atoms with Crippen LogP contribution in [-0.4, -0.2) is 44.2 Å². The third-order valence-corrected chi connectivity index (χ3v) is 5.39. The number of thiazole rings is 1. The van der Waals surface area contributed by atoms with Crippen LogP contribution >= 0.6 is 11.3 Å². The van der Waals surface area contributed by atoms with E-state index < -0.39 is 0 Å². The van der Waals surface area contributed by atoms with Gasteiger partial charge in [-0.15, -0.1) is 11.3 Å². The summed E-state index contributed by atoms with van der Waals surface area (Å²) in [5, 5.41) is 9.26. The minimum atomic E-state index is -0.0826. The predicted molar refractivity (Wildman–Crippen MR) is 89.6 cm³/mol. The van der Waals surface area contributed by atoms with Crippen LogP contribution in [0.25, 0.3) is 0 Å². The number of amides is 1. The molecule has 1 aromatic rings. The number of carbonyl (C=O) groups is 1. The number of hydrogen-bond acceptors (Lipinski definition) is 5. The van der Waals surface area contributed by atoms with E-state index >= 15 is 0 Å². The van der Waals surface area contributed by atoms with E-state index in [0.29, 0.717) is 18.8 Å². The summed E-state index contributed by atoms with van der Waals surface area (Å²) in [6.45, 7) is 9.60. The molecule has 6 heteroatoms. The first-order chi connectivity index (χ1) is 10.4. The molecule has 0 unspecified atom stereocenters. The second-order valence-corrected chi connectivity index (χ2v) is 8.01. The maximum Gasteiger partial charge on any atom is 0.270 e. The van der Waals surface area contributed by atoms with Crippen molar-refractivity contribution in [1.82, 2.24) is 15.6 Å². The van der Waals surface area contributed by atoms with Crippen molar-refractivity contribution < 1.29 is 9.53 Å². The number of nitrogens with zero attached hydrogens (tertiary/aromatic N) is 1. The Kier molecular flexibility index (Phi) is 5.58. The number of aromatic nitrogens is 1. The summed E-state index contributed by atoms with van der Waals surface area (Å²) in [6, 6.07) is 0. The monoisotopic (exact) mass is 325 g/mol. The standard InChI is InChI=1S/C16H27N3O2S/c1-15(2,3)14-19-12(9-22-14)13(20)18-10-16(11-21-4)5-7-17-8-6-16/h9,17H,5-8,10-11H2,1-4H3,(H,18,20). The Bertz CT molecular complexity index is 496. The molecule has 2 N–H and O–H groups in total. The van der Waals surface area contributed by atoms with E-state index in [1.165, 1.54) is 0 Å². The van der Waals surface area contributed by atoms with Crippen molar-refractivity contribution in [3.63, 3.8) is 0 Å². The number of carbonyl (C=O) groups excluding carboxylic acids is 1. The van der Waals surface area contributed by atoms with E-state index in [2.05, 4.69) is 36.4 Å². The van der Waals surface area contributed by atoms with Crippen LogP contribution in [0.3, 0.4) is 0 Å². The molecular weight excluding hydrogens is 298 g/mol. The Morgan fingerprint density at radius 1 is 1.45 bits per heavy atom. The summed E-state index contributed by atoms with van der Waals surface area (Å²) >= 11 is 1.55. The Morgan fingerprint density at radius 2 is 2.14 bits per heavy atom. The maximum atomic E-state index is 12.4. The zero-order chi connectivity index (χ0) is 16.2. The van der Waals surface area contributed by atoms with Gasteiger partial charge in [0.15, 0.2) is 0 Å². The van der Waals surface area contributed by atoms with Crippen LogP contribution in [0.2, 0.25) is 0 Å². The van der Waals surface area contributed by atoms with Crippen LogP contribution in [0.5, 0.6) is 0 Å². The lowest BCUT2D eigenvalue weighted by molar-refractivity contribution is 0.0511. The van der Waals surface area contributed by atoms with Crippen molar-refractivity contribution in [3.8, 4) is 0 Å². The minimum absolute atomic E-state index is 0.0183. The Balaban J connectivity index is 1.97. The summed E-state index contributed by atoms with van der Waals surface area (Å²) in [7, 11) is 1.72. The van der Waals surface area contributed by atoms with Crippen LogP contribution in [0.15, 0.2) is 5.38 Å². The molecule has 0 saturated carbocycles. The average Bonchev–Trinajstić information content (AvgIpc) is 2.96. The van der Waals surface area contributed by atoms with Crippen molar-refractivity contribution in [3.05, 3.63) is 16.1 Å². The summed E-state index contributed by atoms with van der Waals surface area (Å²) in [6.07, 6.45) is 2.04. The summed E-state index contributed by atoms with van der Waals surface area (Å²) in [5.74, 6) is -0.0826. The van der Waals surface area contributed by atoms with Gasteiger partial charge in [0.25, 0.3) is 5.91 Å². The number of nitrogens with one attached hydrogen (secondary N) is 2. The summed E-state index contributed by atoms with van der Waals surface area (Å²) in [5.41, 5.74) is 0.546. The van der Waals surface area contributed by atoms with Gasteiger partial charge in [-0.25, -0.2) is 4.98 Å². The zero-order valence-corrected chi connectivity index (χ0v) is 14.8. The molecular formula is C16H27N3O2S. The van der Waals surface area contributed by atoms with Gasteiger partial charge in [0.1, 0.15) is 5.69 Å². The highest BCUT2D eigenvalue weighted by atomic mass is 32.1. The van der Waals surface area contributed by atoms with Gasteiger partial charge in [0.2, 0.25) is 0 Å². The fraction of sp³-hybridized carbons (Fsp3) is 0.750. The number of piperidine rings is 1. The molecule has 1 aliphatic rings. The largest absolute Gasteiger partial charge is 0.384 e. The van der Waals surface area contributed by atoms with E-state index in [1.54, 1.807) is 18.4 Å². The second-order valence-electron chi connectivity index (χ2n) is 7.15. The Hall–Kier alpha value is -0.980. The highest BCUT2D eigenvalue weighted by Crippen LogP contribution is 2.29. The molecule has 0 radical (unpaired) electrons. The minimum Gasteiger partial charge on any atom is -0.384 e. The van der Waals surface area contributed by atoms with Crippen molar-refractivity contribution >= 4 is 17.2 Å². The lowest BCUT2D eigenvalue weighted by Crippen LogP contribution is -2.47. The Morgan fingerprint density at radius 3 is 2.68 bits per heavy atom. The molecule has 0 aromatic carbocycles. The maximum absolute atomic E-state index is 12.4. The number of hydrogen-bond donors (Lipinski definition) is 2. The summed E-state index contributed by atoms with van der Waals surface area (Å²) in [4.78, 5) is 16.8. The molecule has 2 heterocycles. The van der Waals surface area contributed by atoms with Gasteiger partial charge >= 0.3 is 0 Å². The van der Waals surface area contributed by atoms with Crippen molar-refractivity contribution in [2.75, 3.05) is 33.4 Å². The molecule has 0 atom stereocenters.